The van der Waals surface area contributed by atoms with E-state index in [1.807, 2.05) is 18.2 Å². The Morgan fingerprint density at radius 2 is 1.89 bits per heavy atom. The maximum Gasteiger partial charge on any atom is 0.255 e. The highest BCUT2D eigenvalue weighted by Gasteiger charge is 2.16. The van der Waals surface area contributed by atoms with E-state index in [2.05, 4.69) is 33.0 Å². The maximum absolute atomic E-state index is 12.2. The van der Waals surface area contributed by atoms with Crippen LogP contribution in [0, 0.1) is 0 Å². The zero-order valence-electron chi connectivity index (χ0n) is 12.6. The topological polar surface area (TPSA) is 38.3 Å². The smallest absolute Gasteiger partial charge is 0.255 e. The monoisotopic (exact) mass is 263 g/mol. The summed E-state index contributed by atoms with van der Waals surface area (Å²) in [5, 5.41) is 3.04. The number of hydrogen-bond donors (Lipinski definition) is 1. The zero-order valence-corrected chi connectivity index (χ0v) is 12.6. The molecule has 0 saturated heterocycles. The second-order valence-corrected chi connectivity index (χ2v) is 5.10. The molecule has 19 heavy (non-hydrogen) atoms. The van der Waals surface area contributed by atoms with Crippen LogP contribution >= 0.6 is 0 Å². The Hall–Kier alpha value is -1.51. The minimum atomic E-state index is -0.0548. The van der Waals surface area contributed by atoms with E-state index in [0.717, 1.165) is 12.8 Å². The minimum absolute atomic E-state index is 0.0548. The number of methoxy groups -OCH3 is 1. The standard InChI is InChI=1S/C16H25NO2/c1-6-13(7-2)17-16(18)14-9-8-12(11(3)4)10-15(14)19-5/h8-11,13H,6-7H2,1-5H3,(H,17,18). The Morgan fingerprint density at radius 1 is 1.26 bits per heavy atom. The second kappa shape index (κ2) is 7.17. The Balaban J connectivity index is 2.96. The summed E-state index contributed by atoms with van der Waals surface area (Å²) in [7, 11) is 1.60. The van der Waals surface area contributed by atoms with Crippen molar-refractivity contribution < 1.29 is 9.53 Å². The van der Waals surface area contributed by atoms with Gasteiger partial charge in [0.05, 0.1) is 12.7 Å². The number of carbonyl (C=O) groups is 1. The van der Waals surface area contributed by atoms with Gasteiger partial charge in [-0.3, -0.25) is 4.79 Å². The van der Waals surface area contributed by atoms with Crippen LogP contribution in [-0.2, 0) is 0 Å². The molecule has 0 atom stereocenters. The van der Waals surface area contributed by atoms with Crippen molar-refractivity contribution in [2.24, 2.45) is 0 Å². The third kappa shape index (κ3) is 3.98. The first kappa shape index (κ1) is 15.5. The van der Waals surface area contributed by atoms with Crippen LogP contribution in [0.1, 0.15) is 62.4 Å². The van der Waals surface area contributed by atoms with Crippen molar-refractivity contribution in [2.45, 2.75) is 52.5 Å². The Labute approximate surface area is 116 Å². The van der Waals surface area contributed by atoms with E-state index in [1.54, 1.807) is 7.11 Å². The lowest BCUT2D eigenvalue weighted by molar-refractivity contribution is 0.0932. The summed E-state index contributed by atoms with van der Waals surface area (Å²) >= 11 is 0. The fourth-order valence-electron chi connectivity index (χ4n) is 2.01. The Bertz CT molecular complexity index is 423. The SMILES string of the molecule is CCC(CC)NC(=O)c1ccc(C(C)C)cc1OC. The fraction of sp³-hybridized carbons (Fsp3) is 0.562. The highest BCUT2D eigenvalue weighted by molar-refractivity contribution is 5.97. The van der Waals surface area contributed by atoms with Gasteiger partial charge in [-0.1, -0.05) is 33.8 Å². The van der Waals surface area contributed by atoms with Gasteiger partial charge in [-0.2, -0.15) is 0 Å². The van der Waals surface area contributed by atoms with Crippen molar-refractivity contribution >= 4 is 5.91 Å². The molecule has 0 saturated carbocycles. The predicted octanol–water partition coefficient (Wildman–Crippen LogP) is 3.74. The third-order valence-electron chi connectivity index (χ3n) is 3.46. The van der Waals surface area contributed by atoms with Gasteiger partial charge in [0.1, 0.15) is 5.75 Å². The molecule has 1 aromatic carbocycles. The number of amides is 1. The molecule has 0 aromatic heterocycles. The average molecular weight is 263 g/mol. The van der Waals surface area contributed by atoms with E-state index in [9.17, 15) is 4.79 Å². The number of hydrogen-bond acceptors (Lipinski definition) is 2. The molecule has 1 N–H and O–H groups in total. The van der Waals surface area contributed by atoms with E-state index in [0.29, 0.717) is 17.2 Å². The van der Waals surface area contributed by atoms with Gasteiger partial charge in [0, 0.05) is 6.04 Å². The minimum Gasteiger partial charge on any atom is -0.496 e. The van der Waals surface area contributed by atoms with Crippen molar-refractivity contribution in [1.82, 2.24) is 5.32 Å². The van der Waals surface area contributed by atoms with Crippen LogP contribution in [0.15, 0.2) is 18.2 Å². The van der Waals surface area contributed by atoms with Gasteiger partial charge in [0.25, 0.3) is 5.91 Å². The predicted molar refractivity (Wildman–Crippen MR) is 78.9 cm³/mol. The van der Waals surface area contributed by atoms with E-state index in [4.69, 9.17) is 4.74 Å². The van der Waals surface area contributed by atoms with Crippen LogP contribution < -0.4 is 10.1 Å². The molecule has 0 aliphatic heterocycles. The second-order valence-electron chi connectivity index (χ2n) is 5.10. The molecule has 1 aromatic rings. The van der Waals surface area contributed by atoms with Gasteiger partial charge >= 0.3 is 0 Å². The molecule has 0 aliphatic rings. The summed E-state index contributed by atoms with van der Waals surface area (Å²) in [6.45, 7) is 8.40. The number of benzene rings is 1. The Morgan fingerprint density at radius 3 is 2.37 bits per heavy atom. The van der Waals surface area contributed by atoms with E-state index in [-0.39, 0.29) is 11.9 Å². The first-order valence-electron chi connectivity index (χ1n) is 7.02. The summed E-state index contributed by atoms with van der Waals surface area (Å²) in [6, 6.07) is 6.02. The van der Waals surface area contributed by atoms with Crippen LogP contribution in [0.25, 0.3) is 0 Å². The molecule has 0 spiro atoms. The molecule has 3 nitrogen and oxygen atoms in total. The number of rotatable bonds is 6. The number of nitrogens with one attached hydrogen (secondary N) is 1. The first-order chi connectivity index (χ1) is 9.03. The fourth-order valence-corrected chi connectivity index (χ4v) is 2.01. The lowest BCUT2D eigenvalue weighted by Gasteiger charge is -2.17. The molecule has 0 aliphatic carbocycles. The molecule has 1 rings (SSSR count). The quantitative estimate of drug-likeness (QED) is 0.849. The van der Waals surface area contributed by atoms with E-state index >= 15 is 0 Å². The van der Waals surface area contributed by atoms with E-state index < -0.39 is 0 Å². The average Bonchev–Trinajstić information content (AvgIpc) is 2.43. The summed E-state index contributed by atoms with van der Waals surface area (Å²) in [5.74, 6) is 1.01. The lowest BCUT2D eigenvalue weighted by Crippen LogP contribution is -2.34. The lowest BCUT2D eigenvalue weighted by atomic mass is 10.0. The highest BCUT2D eigenvalue weighted by atomic mass is 16.5. The first-order valence-corrected chi connectivity index (χ1v) is 7.02. The van der Waals surface area contributed by atoms with Crippen molar-refractivity contribution in [3.63, 3.8) is 0 Å². The zero-order chi connectivity index (χ0) is 14.4. The van der Waals surface area contributed by atoms with Crippen molar-refractivity contribution in [1.29, 1.82) is 0 Å². The molecule has 0 radical (unpaired) electrons. The maximum atomic E-state index is 12.2. The molecule has 0 heterocycles. The largest absolute Gasteiger partial charge is 0.496 e. The van der Waals surface area contributed by atoms with Crippen LogP contribution in [0.2, 0.25) is 0 Å². The Kier molecular flexibility index (Phi) is 5.87. The van der Waals surface area contributed by atoms with Crippen LogP contribution in [-0.4, -0.2) is 19.1 Å². The van der Waals surface area contributed by atoms with Crippen molar-refractivity contribution in [2.75, 3.05) is 7.11 Å². The van der Waals surface area contributed by atoms with Gasteiger partial charge in [-0.05, 0) is 36.5 Å². The number of ether oxygens (including phenoxy) is 1. The molecule has 0 bridgehead atoms. The summed E-state index contributed by atoms with van der Waals surface area (Å²) in [4.78, 5) is 12.2. The molecule has 1 amide bonds. The van der Waals surface area contributed by atoms with Crippen LogP contribution in [0.3, 0.4) is 0 Å². The molecular weight excluding hydrogens is 238 g/mol. The molecular formula is C16H25NO2. The van der Waals surface area contributed by atoms with Gasteiger partial charge < -0.3 is 10.1 Å². The van der Waals surface area contributed by atoms with Crippen LogP contribution in [0.4, 0.5) is 0 Å². The molecule has 106 valence electrons. The number of carbonyl (C=O) groups excluding carboxylic acids is 1. The van der Waals surface area contributed by atoms with Gasteiger partial charge in [-0.15, -0.1) is 0 Å². The van der Waals surface area contributed by atoms with Gasteiger partial charge in [0.2, 0.25) is 0 Å². The summed E-state index contributed by atoms with van der Waals surface area (Å²) in [6.07, 6.45) is 1.88. The van der Waals surface area contributed by atoms with Crippen LogP contribution in [0.5, 0.6) is 5.75 Å². The molecule has 3 heteroatoms. The third-order valence-corrected chi connectivity index (χ3v) is 3.46. The van der Waals surface area contributed by atoms with Gasteiger partial charge in [-0.25, -0.2) is 0 Å². The molecule has 0 fully saturated rings. The summed E-state index contributed by atoms with van der Waals surface area (Å²) < 4.78 is 5.35. The van der Waals surface area contributed by atoms with Crippen molar-refractivity contribution in [3.8, 4) is 5.75 Å². The van der Waals surface area contributed by atoms with E-state index in [1.165, 1.54) is 5.56 Å². The normalized spacial score (nSPS) is 10.9. The highest BCUT2D eigenvalue weighted by Crippen LogP contribution is 2.24. The molecule has 0 unspecified atom stereocenters. The van der Waals surface area contributed by atoms with Gasteiger partial charge in [0.15, 0.2) is 0 Å². The van der Waals surface area contributed by atoms with Crippen molar-refractivity contribution in [3.05, 3.63) is 29.3 Å². The summed E-state index contributed by atoms with van der Waals surface area (Å²) in [5.41, 5.74) is 1.79.